The maximum Gasteiger partial charge on any atom is 0.346 e. The van der Waals surface area contributed by atoms with E-state index in [1.807, 2.05) is 6.07 Å². The number of carbonyl (C=O) groups is 2. The van der Waals surface area contributed by atoms with E-state index in [9.17, 15) is 19.7 Å². The second-order valence-electron chi connectivity index (χ2n) is 6.00. The molecule has 10 heteroatoms. The largest absolute Gasteiger partial charge is 0.486 e. The summed E-state index contributed by atoms with van der Waals surface area (Å²) in [4.78, 5) is 35.3. The highest BCUT2D eigenvalue weighted by Crippen LogP contribution is 2.37. The van der Waals surface area contributed by atoms with Crippen LogP contribution in [0, 0.1) is 21.4 Å². The van der Waals surface area contributed by atoms with Gasteiger partial charge in [-0.25, -0.2) is 4.79 Å². The maximum absolute atomic E-state index is 12.5. The highest BCUT2D eigenvalue weighted by Gasteiger charge is 2.29. The number of nitrogens with one attached hydrogen (secondary N) is 1. The van der Waals surface area contributed by atoms with Crippen LogP contribution < -0.4 is 14.8 Å². The molecule has 0 aliphatic carbocycles. The van der Waals surface area contributed by atoms with Gasteiger partial charge in [-0.1, -0.05) is 0 Å². The van der Waals surface area contributed by atoms with E-state index in [0.717, 1.165) is 6.07 Å². The molecule has 10 nitrogen and oxygen atoms in total. The van der Waals surface area contributed by atoms with Gasteiger partial charge in [0.2, 0.25) is 0 Å². The number of carbonyl (C=O) groups excluding carboxylic acids is 2. The lowest BCUT2D eigenvalue weighted by atomic mass is 10.1. The van der Waals surface area contributed by atoms with Crippen molar-refractivity contribution in [2.24, 2.45) is 0 Å². The smallest absolute Gasteiger partial charge is 0.346 e. The van der Waals surface area contributed by atoms with Crippen molar-refractivity contribution in [1.82, 2.24) is 0 Å². The first-order valence-electron chi connectivity index (χ1n) is 8.49. The standard InChI is InChI=1S/C19H15N3O7/c1-11(18(23)21-13-4-2-12(10-20)3-5-13)29-19(24)14-8-16-17(28-7-6-27-16)9-15(14)22(25)26/h2-5,8-9,11H,6-7H2,1H3,(H,21,23)/t11-/m1/s1. The quantitative estimate of drug-likeness (QED) is 0.461. The Bertz CT molecular complexity index is 1010. The molecule has 1 aliphatic heterocycles. The van der Waals surface area contributed by atoms with Crippen LogP contribution in [0.2, 0.25) is 0 Å². The fourth-order valence-corrected chi connectivity index (χ4v) is 2.54. The topological polar surface area (TPSA) is 141 Å². The Morgan fingerprint density at radius 1 is 1.21 bits per heavy atom. The van der Waals surface area contributed by atoms with E-state index in [2.05, 4.69) is 5.32 Å². The number of nitro groups is 1. The van der Waals surface area contributed by atoms with Gasteiger partial charge in [0.05, 0.1) is 22.6 Å². The predicted octanol–water partition coefficient (Wildman–Crippen LogP) is 2.42. The molecule has 29 heavy (non-hydrogen) atoms. The summed E-state index contributed by atoms with van der Waals surface area (Å²) >= 11 is 0. The minimum absolute atomic E-state index is 0.158. The average molecular weight is 397 g/mol. The van der Waals surface area contributed by atoms with Crippen LogP contribution in [-0.4, -0.2) is 36.1 Å². The molecule has 148 valence electrons. The third-order valence-electron chi connectivity index (χ3n) is 4.01. The SMILES string of the molecule is C[C@@H](OC(=O)c1cc2c(cc1[N+](=O)[O-])OCCO2)C(=O)Nc1ccc(C#N)cc1. The Labute approximate surface area is 164 Å². The van der Waals surface area contributed by atoms with Gasteiger partial charge >= 0.3 is 5.97 Å². The Morgan fingerprint density at radius 2 is 1.83 bits per heavy atom. The summed E-state index contributed by atoms with van der Waals surface area (Å²) in [6, 6.07) is 10.3. The van der Waals surface area contributed by atoms with Gasteiger partial charge in [-0.3, -0.25) is 14.9 Å². The summed E-state index contributed by atoms with van der Waals surface area (Å²) in [5.41, 5.74) is -0.0353. The number of nitro benzene ring substituents is 1. The molecule has 0 fully saturated rings. The molecule has 0 radical (unpaired) electrons. The molecule has 1 heterocycles. The van der Waals surface area contributed by atoms with Gasteiger partial charge in [0.25, 0.3) is 11.6 Å². The van der Waals surface area contributed by atoms with Crippen LogP contribution in [-0.2, 0) is 9.53 Å². The summed E-state index contributed by atoms with van der Waals surface area (Å²) in [6.07, 6.45) is -1.23. The first-order valence-corrected chi connectivity index (χ1v) is 8.49. The summed E-state index contributed by atoms with van der Waals surface area (Å²) < 4.78 is 15.7. The van der Waals surface area contributed by atoms with E-state index in [1.54, 1.807) is 0 Å². The van der Waals surface area contributed by atoms with Crippen molar-refractivity contribution in [3.63, 3.8) is 0 Å². The average Bonchev–Trinajstić information content (AvgIpc) is 2.73. The van der Waals surface area contributed by atoms with Gasteiger partial charge < -0.3 is 19.5 Å². The summed E-state index contributed by atoms with van der Waals surface area (Å²) in [6.45, 7) is 1.81. The van der Waals surface area contributed by atoms with Crippen LogP contribution in [0.4, 0.5) is 11.4 Å². The van der Waals surface area contributed by atoms with E-state index in [1.165, 1.54) is 37.3 Å². The predicted molar refractivity (Wildman–Crippen MR) is 98.8 cm³/mol. The van der Waals surface area contributed by atoms with Gasteiger partial charge in [0.1, 0.15) is 18.8 Å². The highest BCUT2D eigenvalue weighted by atomic mass is 16.6. The molecule has 1 aliphatic rings. The number of nitriles is 1. The summed E-state index contributed by atoms with van der Waals surface area (Å²) in [5.74, 6) is -1.34. The first-order chi connectivity index (χ1) is 13.9. The molecule has 2 aromatic carbocycles. The number of rotatable bonds is 5. The zero-order chi connectivity index (χ0) is 21.0. The van der Waals surface area contributed by atoms with Crippen LogP contribution >= 0.6 is 0 Å². The molecule has 0 aromatic heterocycles. The van der Waals surface area contributed by atoms with Crippen molar-refractivity contribution in [3.8, 4) is 17.6 Å². The Hall–Kier alpha value is -4.13. The number of hydrogen-bond donors (Lipinski definition) is 1. The maximum atomic E-state index is 12.5. The van der Waals surface area contributed by atoms with Crippen LogP contribution in [0.5, 0.6) is 11.5 Å². The van der Waals surface area contributed by atoms with Crippen LogP contribution in [0.25, 0.3) is 0 Å². The Morgan fingerprint density at radius 3 is 2.41 bits per heavy atom. The zero-order valence-corrected chi connectivity index (χ0v) is 15.2. The second kappa shape index (κ2) is 8.26. The molecule has 0 unspecified atom stereocenters. The minimum atomic E-state index is -1.23. The second-order valence-corrected chi connectivity index (χ2v) is 6.00. The normalized spacial score (nSPS) is 13.0. The number of benzene rings is 2. The number of anilines is 1. The molecule has 2 aromatic rings. The molecule has 0 spiro atoms. The van der Waals surface area contributed by atoms with Crippen molar-refractivity contribution < 1.29 is 28.7 Å². The molecule has 1 amide bonds. The minimum Gasteiger partial charge on any atom is -0.486 e. The van der Waals surface area contributed by atoms with Crippen molar-refractivity contribution in [2.75, 3.05) is 18.5 Å². The third-order valence-corrected chi connectivity index (χ3v) is 4.01. The van der Waals surface area contributed by atoms with Crippen molar-refractivity contribution in [2.45, 2.75) is 13.0 Å². The number of ether oxygens (including phenoxy) is 3. The number of amides is 1. The molecule has 1 atom stereocenters. The number of hydrogen-bond acceptors (Lipinski definition) is 8. The number of nitrogens with zero attached hydrogens (tertiary/aromatic N) is 2. The van der Waals surface area contributed by atoms with Gasteiger partial charge in [0, 0.05) is 11.8 Å². The molecule has 0 saturated heterocycles. The summed E-state index contributed by atoms with van der Waals surface area (Å²) in [5, 5.41) is 22.6. The van der Waals surface area contributed by atoms with Crippen LogP contribution in [0.15, 0.2) is 36.4 Å². The molecule has 0 saturated carbocycles. The third kappa shape index (κ3) is 4.41. The van der Waals surface area contributed by atoms with Crippen LogP contribution in [0.1, 0.15) is 22.8 Å². The zero-order valence-electron chi connectivity index (χ0n) is 15.2. The lowest BCUT2D eigenvalue weighted by molar-refractivity contribution is -0.385. The first kappa shape index (κ1) is 19.6. The van der Waals surface area contributed by atoms with Gasteiger partial charge in [-0.2, -0.15) is 5.26 Å². The summed E-state index contributed by atoms with van der Waals surface area (Å²) in [7, 11) is 0. The Balaban J connectivity index is 1.74. The van der Waals surface area contributed by atoms with Crippen LogP contribution in [0.3, 0.4) is 0 Å². The lowest BCUT2D eigenvalue weighted by Crippen LogP contribution is -2.30. The molecule has 3 rings (SSSR count). The van der Waals surface area contributed by atoms with Gasteiger partial charge in [0.15, 0.2) is 17.6 Å². The molecular weight excluding hydrogens is 382 g/mol. The fourth-order valence-electron chi connectivity index (χ4n) is 2.54. The molecular formula is C19H15N3O7. The van der Waals surface area contributed by atoms with Crippen molar-refractivity contribution in [1.29, 1.82) is 5.26 Å². The Kier molecular flexibility index (Phi) is 5.59. The van der Waals surface area contributed by atoms with Gasteiger partial charge in [-0.05, 0) is 31.2 Å². The van der Waals surface area contributed by atoms with E-state index in [-0.39, 0.29) is 30.3 Å². The monoisotopic (exact) mass is 397 g/mol. The van der Waals surface area contributed by atoms with Crippen molar-refractivity contribution in [3.05, 3.63) is 57.6 Å². The fraction of sp³-hybridized carbons (Fsp3) is 0.211. The van der Waals surface area contributed by atoms with E-state index >= 15 is 0 Å². The number of fused-ring (bicyclic) bond motifs is 1. The van der Waals surface area contributed by atoms with E-state index in [4.69, 9.17) is 19.5 Å². The lowest BCUT2D eigenvalue weighted by Gasteiger charge is -2.19. The highest BCUT2D eigenvalue weighted by molar-refractivity contribution is 5.99. The number of esters is 1. The van der Waals surface area contributed by atoms with Crippen molar-refractivity contribution >= 4 is 23.3 Å². The van der Waals surface area contributed by atoms with Gasteiger partial charge in [-0.15, -0.1) is 0 Å². The molecule has 1 N–H and O–H groups in total. The van der Waals surface area contributed by atoms with E-state index < -0.39 is 28.6 Å². The molecule has 0 bridgehead atoms. The van der Waals surface area contributed by atoms with E-state index in [0.29, 0.717) is 11.3 Å².